The second-order valence-corrected chi connectivity index (χ2v) is 16.7. The van der Waals surface area contributed by atoms with E-state index in [2.05, 4.69) is 0 Å². The summed E-state index contributed by atoms with van der Waals surface area (Å²) in [6.07, 6.45) is -11.3. The molecule has 13 aromatic rings. The number of hydrogen-bond donors (Lipinski definition) is 0. The predicted molar refractivity (Wildman–Crippen MR) is 250 cm³/mol. The number of hydrogen-bond acceptors (Lipinski definition) is 2. The summed E-state index contributed by atoms with van der Waals surface area (Å²) in [5.74, 6) is -2.30. The second-order valence-electron chi connectivity index (χ2n) is 16.7. The van der Waals surface area contributed by atoms with Gasteiger partial charge in [-0.2, -0.15) is 26.3 Å². The van der Waals surface area contributed by atoms with Crippen LogP contribution < -0.4 is 0 Å². The van der Waals surface area contributed by atoms with Crippen LogP contribution in [0.2, 0.25) is 0 Å². The summed E-state index contributed by atoms with van der Waals surface area (Å²) >= 11 is 0. The Balaban J connectivity index is 1.35. The van der Waals surface area contributed by atoms with E-state index in [4.69, 9.17) is 8.83 Å². The molecule has 12 heteroatoms. The number of para-hydroxylation sites is 4. The van der Waals surface area contributed by atoms with Gasteiger partial charge in [0.2, 0.25) is 0 Å². The van der Waals surface area contributed by atoms with Crippen LogP contribution in [0.1, 0.15) is 11.1 Å². The van der Waals surface area contributed by atoms with Crippen molar-refractivity contribution in [3.63, 3.8) is 0 Å². The van der Waals surface area contributed by atoms with E-state index in [-0.39, 0.29) is 22.1 Å². The van der Waals surface area contributed by atoms with Crippen LogP contribution in [0.15, 0.2) is 179 Å². The molecule has 4 heterocycles. The van der Waals surface area contributed by atoms with Gasteiger partial charge in [-0.3, -0.25) is 0 Å². The Hall–Kier alpha value is -8.38. The van der Waals surface area contributed by atoms with Crippen molar-refractivity contribution >= 4 is 87.5 Å². The van der Waals surface area contributed by atoms with Crippen LogP contribution in [0.4, 0.5) is 35.1 Å². The third kappa shape index (κ3) is 5.48. The van der Waals surface area contributed by atoms with Crippen molar-refractivity contribution in [2.45, 2.75) is 12.4 Å². The van der Waals surface area contributed by atoms with Gasteiger partial charge in [0.1, 0.15) is 34.0 Å². The van der Waals surface area contributed by atoms with Crippen molar-refractivity contribution in [1.29, 1.82) is 0 Å². The zero-order valence-corrected chi connectivity index (χ0v) is 34.9. The molecule has 13 rings (SSSR count). The van der Waals surface area contributed by atoms with E-state index >= 15 is 35.1 Å². The molecule has 68 heavy (non-hydrogen) atoms. The molecule has 4 aromatic heterocycles. The minimum atomic E-state index is -5.63. The predicted octanol–water partition coefficient (Wildman–Crippen LogP) is 17.3. The molecule has 0 radical (unpaired) electrons. The van der Waals surface area contributed by atoms with Crippen LogP contribution in [0.3, 0.4) is 0 Å². The van der Waals surface area contributed by atoms with Crippen LogP contribution in [0.25, 0.3) is 121 Å². The molecule has 0 aliphatic heterocycles. The molecular weight excluding hydrogens is 885 g/mol. The van der Waals surface area contributed by atoms with E-state index in [1.165, 1.54) is 53.1 Å². The second kappa shape index (κ2) is 14.1. The zero-order valence-electron chi connectivity index (χ0n) is 34.9. The van der Waals surface area contributed by atoms with Crippen molar-refractivity contribution in [3.8, 4) is 33.6 Å². The van der Waals surface area contributed by atoms with Gasteiger partial charge in [-0.25, -0.2) is 8.78 Å². The monoisotopic (exact) mass is 912 g/mol. The normalized spacial score (nSPS) is 12.7. The molecule has 330 valence electrons. The molecule has 0 amide bonds. The summed E-state index contributed by atoms with van der Waals surface area (Å²) in [5, 5.41) is 3.81. The molecule has 0 unspecified atom stereocenters. The summed E-state index contributed by atoms with van der Waals surface area (Å²) < 4.78 is 151. The highest BCUT2D eigenvalue weighted by Crippen LogP contribution is 2.57. The molecule has 0 aliphatic rings. The molecule has 0 atom stereocenters. The molecular formula is C56H28F8N2O2. The van der Waals surface area contributed by atoms with Gasteiger partial charge >= 0.3 is 12.4 Å². The van der Waals surface area contributed by atoms with E-state index in [1.54, 1.807) is 91.0 Å². The third-order valence-electron chi connectivity index (χ3n) is 13.1. The zero-order chi connectivity index (χ0) is 46.4. The standard InChI is InChI=1S/C56H28F8N2O2/c57-35-19-7-1-13-29(35)49-51(55(59,60)61)54(66-38-22-10-4-16-32(38)46-40(66)26-28-44-48(46)34-18-6-12-24-42(34)68-44)52(56(62,63)64)50(30-14-2-8-20-36(30)58)53(49)65-37-21-9-3-15-31(37)45-39(65)25-27-43-47(45)33-17-5-11-23-41(33)67-43/h1-28H. The maximum absolute atomic E-state index is 17.1. The van der Waals surface area contributed by atoms with Crippen molar-refractivity contribution < 1.29 is 44.0 Å². The number of alkyl halides is 6. The Bertz CT molecular complexity index is 4200. The van der Waals surface area contributed by atoms with E-state index in [9.17, 15) is 0 Å². The first-order chi connectivity index (χ1) is 32.9. The maximum atomic E-state index is 17.1. The minimum absolute atomic E-state index is 0.0194. The largest absolute Gasteiger partial charge is 0.456 e. The minimum Gasteiger partial charge on any atom is -0.456 e. The topological polar surface area (TPSA) is 36.1 Å². The molecule has 0 fully saturated rings. The molecule has 0 N–H and O–H groups in total. The molecule has 0 bridgehead atoms. The van der Waals surface area contributed by atoms with Crippen molar-refractivity contribution in [1.82, 2.24) is 9.13 Å². The third-order valence-corrected chi connectivity index (χ3v) is 13.1. The van der Waals surface area contributed by atoms with Gasteiger partial charge in [-0.05, 0) is 60.7 Å². The van der Waals surface area contributed by atoms with Crippen molar-refractivity contribution in [2.24, 2.45) is 0 Å². The Morgan fingerprint density at radius 3 is 1.12 bits per heavy atom. The summed E-state index contributed by atoms with van der Waals surface area (Å²) in [6, 6.07) is 42.4. The van der Waals surface area contributed by atoms with Gasteiger partial charge in [0.15, 0.2) is 0 Å². The first kappa shape index (κ1) is 39.9. The van der Waals surface area contributed by atoms with Crippen LogP contribution >= 0.6 is 0 Å². The maximum Gasteiger partial charge on any atom is 0.419 e. The number of fused-ring (bicyclic) bond motifs is 14. The first-order valence-electron chi connectivity index (χ1n) is 21.5. The quantitative estimate of drug-likeness (QED) is 0.165. The van der Waals surface area contributed by atoms with Gasteiger partial charge in [0, 0.05) is 65.3 Å². The molecule has 0 saturated carbocycles. The van der Waals surface area contributed by atoms with Gasteiger partial charge in [0.25, 0.3) is 0 Å². The molecule has 0 aliphatic carbocycles. The number of rotatable bonds is 4. The SMILES string of the molecule is Fc1ccccc1-c1c(-n2c3ccccc3c3c4c(ccc32)oc2ccccc24)c(-c2ccccc2F)c(C(F)(F)F)c(-n2c3ccccc3c3c4c(ccc32)oc2ccccc24)c1C(F)(F)F. The number of halogens is 8. The van der Waals surface area contributed by atoms with Crippen LogP contribution in [0, 0.1) is 11.6 Å². The molecule has 9 aromatic carbocycles. The fraction of sp³-hybridized carbons (Fsp3) is 0.0357. The van der Waals surface area contributed by atoms with Gasteiger partial charge in [-0.1, -0.05) is 109 Å². The van der Waals surface area contributed by atoms with E-state index < -0.39 is 68.7 Å². The highest BCUT2D eigenvalue weighted by molar-refractivity contribution is 6.29. The lowest BCUT2D eigenvalue weighted by Crippen LogP contribution is -2.23. The molecule has 0 spiro atoms. The Morgan fingerprint density at radius 1 is 0.324 bits per heavy atom. The van der Waals surface area contributed by atoms with Crippen molar-refractivity contribution in [2.75, 3.05) is 0 Å². The average Bonchev–Trinajstić information content (AvgIpc) is 4.08. The summed E-state index contributed by atoms with van der Waals surface area (Å²) in [4.78, 5) is 0. The van der Waals surface area contributed by atoms with Crippen LogP contribution in [-0.4, -0.2) is 9.13 Å². The van der Waals surface area contributed by atoms with E-state index in [1.807, 2.05) is 6.07 Å². The lowest BCUT2D eigenvalue weighted by molar-refractivity contribution is -0.142. The van der Waals surface area contributed by atoms with E-state index in [0.29, 0.717) is 65.4 Å². The Labute approximate surface area is 378 Å². The van der Waals surface area contributed by atoms with Crippen LogP contribution in [-0.2, 0) is 12.4 Å². The fourth-order valence-electron chi connectivity index (χ4n) is 10.6. The summed E-state index contributed by atoms with van der Waals surface area (Å²) in [7, 11) is 0. The first-order valence-corrected chi connectivity index (χ1v) is 21.5. The lowest BCUT2D eigenvalue weighted by atomic mass is 9.84. The highest BCUT2D eigenvalue weighted by atomic mass is 19.4. The highest BCUT2D eigenvalue weighted by Gasteiger charge is 2.49. The average molecular weight is 913 g/mol. The Kier molecular flexibility index (Phi) is 8.26. The number of benzene rings is 9. The van der Waals surface area contributed by atoms with Gasteiger partial charge in [-0.15, -0.1) is 0 Å². The van der Waals surface area contributed by atoms with Crippen molar-refractivity contribution in [3.05, 3.63) is 193 Å². The number of furan rings is 2. The number of aromatic nitrogens is 2. The molecule has 4 nitrogen and oxygen atoms in total. The van der Waals surface area contributed by atoms with Crippen LogP contribution in [0.5, 0.6) is 0 Å². The lowest BCUT2D eigenvalue weighted by Gasteiger charge is -2.31. The van der Waals surface area contributed by atoms with Gasteiger partial charge in [0.05, 0.1) is 44.6 Å². The molecule has 0 saturated heterocycles. The fourth-order valence-corrected chi connectivity index (χ4v) is 10.6. The Morgan fingerprint density at radius 2 is 0.691 bits per heavy atom. The summed E-state index contributed by atoms with van der Waals surface area (Å²) in [5.41, 5.74) is -6.82. The summed E-state index contributed by atoms with van der Waals surface area (Å²) in [6.45, 7) is 0. The smallest absolute Gasteiger partial charge is 0.419 e. The van der Waals surface area contributed by atoms with E-state index in [0.717, 1.165) is 28.8 Å². The number of nitrogens with zero attached hydrogens (tertiary/aromatic N) is 2. The van der Waals surface area contributed by atoms with Gasteiger partial charge < -0.3 is 18.0 Å².